The van der Waals surface area contributed by atoms with E-state index in [0.29, 0.717) is 39.0 Å². The minimum atomic E-state index is -0.692. The number of carbonyl (C=O) groups is 2. The second-order valence-corrected chi connectivity index (χ2v) is 9.56. The molecule has 0 radical (unpaired) electrons. The molecule has 2 aliphatic heterocycles. The van der Waals surface area contributed by atoms with E-state index in [1.807, 2.05) is 18.7 Å². The summed E-state index contributed by atoms with van der Waals surface area (Å²) in [6.45, 7) is 11.5. The van der Waals surface area contributed by atoms with Crippen molar-refractivity contribution in [2.75, 3.05) is 39.8 Å². The molecule has 2 rings (SSSR count). The van der Waals surface area contributed by atoms with Crippen LogP contribution in [0.4, 0.5) is 0 Å². The van der Waals surface area contributed by atoms with E-state index in [1.165, 1.54) is 5.01 Å². The second-order valence-electron chi connectivity index (χ2n) is 9.56. The van der Waals surface area contributed by atoms with Crippen LogP contribution in [0.15, 0.2) is 0 Å². The Hall–Kier alpha value is -1.74. The van der Waals surface area contributed by atoms with E-state index in [0.717, 1.165) is 4.87 Å². The molecule has 3 atom stereocenters. The van der Waals surface area contributed by atoms with Crippen molar-refractivity contribution in [2.45, 2.75) is 71.2 Å². The van der Waals surface area contributed by atoms with E-state index in [1.54, 1.807) is 32.7 Å². The number of aliphatic hydroxyl groups is 1. The molecule has 2 fully saturated rings. The molecule has 9 nitrogen and oxygen atoms in total. The van der Waals surface area contributed by atoms with Crippen molar-refractivity contribution in [1.82, 2.24) is 14.8 Å². The fourth-order valence-electron chi connectivity index (χ4n) is 3.99. The lowest BCUT2D eigenvalue weighted by Gasteiger charge is -2.28. The van der Waals surface area contributed by atoms with Crippen molar-refractivity contribution in [1.29, 1.82) is 0 Å². The van der Waals surface area contributed by atoms with Crippen molar-refractivity contribution in [3.63, 3.8) is 0 Å². The molecule has 2 saturated heterocycles. The average molecular weight is 414 g/mol. The van der Waals surface area contributed by atoms with Crippen molar-refractivity contribution < 1.29 is 24.3 Å². The second kappa shape index (κ2) is 9.38. The molecule has 0 aromatic carbocycles. The normalized spacial score (nSPS) is 24.1. The molecule has 0 aromatic heterocycles. The Morgan fingerprint density at radius 2 is 1.86 bits per heavy atom. The standard InChI is InChI=1S/C20H37N4O5/c1-14(2)18(19(27)29-20(3,4)5)21(6)24(28)15-7-10-23(11-15)17(26)13-22-9-8-16(25)12-22/h14-16,18,25H,7-13H2,1-6H3/q+1/t15-,16-,18-/m0/s1. The largest absolute Gasteiger partial charge is 0.458 e. The summed E-state index contributed by atoms with van der Waals surface area (Å²) in [5.41, 5.74) is -0.626. The maximum absolute atomic E-state index is 13.0. The van der Waals surface area contributed by atoms with Crippen LogP contribution in [0.2, 0.25) is 0 Å². The molecule has 0 aromatic rings. The molecule has 0 unspecified atom stereocenters. The third-order valence-corrected chi connectivity index (χ3v) is 5.43. The lowest BCUT2D eigenvalue weighted by molar-refractivity contribution is -0.733. The zero-order valence-corrected chi connectivity index (χ0v) is 18.6. The van der Waals surface area contributed by atoms with E-state index in [-0.39, 0.29) is 24.5 Å². The summed E-state index contributed by atoms with van der Waals surface area (Å²) in [4.78, 5) is 42.6. The number of amides is 1. The Morgan fingerprint density at radius 3 is 2.38 bits per heavy atom. The van der Waals surface area contributed by atoms with Crippen molar-refractivity contribution in [3.8, 4) is 0 Å². The van der Waals surface area contributed by atoms with Crippen LogP contribution in [0.1, 0.15) is 47.5 Å². The number of aliphatic hydroxyl groups excluding tert-OH is 1. The van der Waals surface area contributed by atoms with Crippen LogP contribution in [-0.2, 0) is 14.3 Å². The summed E-state index contributed by atoms with van der Waals surface area (Å²) in [6.07, 6.45) is 0.887. The fraction of sp³-hybridized carbons (Fsp3) is 0.900. The Morgan fingerprint density at radius 1 is 1.21 bits per heavy atom. The quantitative estimate of drug-likeness (QED) is 0.372. The summed E-state index contributed by atoms with van der Waals surface area (Å²) < 4.78 is 5.50. The molecule has 1 amide bonds. The monoisotopic (exact) mass is 413 g/mol. The molecule has 0 saturated carbocycles. The van der Waals surface area contributed by atoms with Crippen LogP contribution >= 0.6 is 0 Å². The van der Waals surface area contributed by atoms with Gasteiger partial charge in [-0.2, -0.15) is 0 Å². The van der Waals surface area contributed by atoms with Gasteiger partial charge in [-0.1, -0.05) is 13.8 Å². The number of β-amino-alcohol motifs (C(OH)–C–C–N with tert-alkyl or cyclic N) is 1. The Balaban J connectivity index is 1.94. The Kier molecular flexibility index (Phi) is 7.62. The summed E-state index contributed by atoms with van der Waals surface area (Å²) in [5.74, 6) is -0.549. The van der Waals surface area contributed by atoms with E-state index < -0.39 is 23.7 Å². The molecule has 0 bridgehead atoms. The Bertz CT molecular complexity index is 618. The van der Waals surface area contributed by atoms with Gasteiger partial charge in [0.25, 0.3) is 6.04 Å². The number of likely N-dealkylation sites (tertiary alicyclic amines) is 2. The predicted octanol–water partition coefficient (Wildman–Crippen LogP) is 0.646. The first kappa shape index (κ1) is 23.5. The van der Waals surface area contributed by atoms with Gasteiger partial charge in [0.05, 0.1) is 31.1 Å². The van der Waals surface area contributed by atoms with Crippen LogP contribution in [0.5, 0.6) is 0 Å². The van der Waals surface area contributed by atoms with Gasteiger partial charge in [-0.15, -0.1) is 5.01 Å². The molecule has 9 heteroatoms. The number of carbonyl (C=O) groups excluding carboxylic acids is 2. The number of nitroso groups, excluding NO2 is 1. The highest BCUT2D eigenvalue weighted by Gasteiger charge is 2.44. The summed E-state index contributed by atoms with van der Waals surface area (Å²) >= 11 is 0. The number of hydrogen-bond acceptors (Lipinski definition) is 6. The maximum atomic E-state index is 13.0. The van der Waals surface area contributed by atoms with E-state index in [2.05, 4.69) is 0 Å². The molecule has 2 heterocycles. The van der Waals surface area contributed by atoms with Gasteiger partial charge in [-0.3, -0.25) is 9.69 Å². The lowest BCUT2D eigenvalue weighted by Crippen LogP contribution is -2.52. The SMILES string of the molecule is CC(C)[C@@H](C(=O)OC(C)(C)C)N(C)[N+](=O)[C@H]1CCN(C(=O)CN2CC[C@H](O)C2)C1. The zero-order valence-electron chi connectivity index (χ0n) is 18.6. The van der Waals surface area contributed by atoms with Gasteiger partial charge < -0.3 is 14.7 Å². The highest BCUT2D eigenvalue weighted by Crippen LogP contribution is 2.20. The van der Waals surface area contributed by atoms with Gasteiger partial charge in [0, 0.05) is 26.1 Å². The van der Waals surface area contributed by atoms with Crippen molar-refractivity contribution >= 4 is 11.9 Å². The maximum Gasteiger partial charge on any atom is 0.335 e. The molecular formula is C20H37N4O5+. The lowest BCUT2D eigenvalue weighted by atomic mass is 10.0. The van der Waals surface area contributed by atoms with E-state index >= 15 is 0 Å². The molecular weight excluding hydrogens is 376 g/mol. The van der Waals surface area contributed by atoms with Gasteiger partial charge >= 0.3 is 5.97 Å². The number of rotatable bonds is 7. The summed E-state index contributed by atoms with van der Waals surface area (Å²) in [5, 5.41) is 11.0. The third-order valence-electron chi connectivity index (χ3n) is 5.43. The van der Waals surface area contributed by atoms with Gasteiger partial charge in [0.2, 0.25) is 5.91 Å². The number of hydrazine groups is 1. The van der Waals surface area contributed by atoms with E-state index in [4.69, 9.17) is 4.74 Å². The minimum Gasteiger partial charge on any atom is -0.458 e. The first-order chi connectivity index (χ1) is 13.4. The molecule has 0 spiro atoms. The Labute approximate surface area is 173 Å². The predicted molar refractivity (Wildman–Crippen MR) is 108 cm³/mol. The number of hydrogen-bond donors (Lipinski definition) is 1. The van der Waals surface area contributed by atoms with Gasteiger partial charge in [0.15, 0.2) is 6.04 Å². The van der Waals surface area contributed by atoms with Crippen LogP contribution in [0.3, 0.4) is 0 Å². The fourth-order valence-corrected chi connectivity index (χ4v) is 3.99. The number of esters is 1. The van der Waals surface area contributed by atoms with Crippen molar-refractivity contribution in [2.24, 2.45) is 5.92 Å². The van der Waals surface area contributed by atoms with Crippen LogP contribution < -0.4 is 0 Å². The first-order valence-corrected chi connectivity index (χ1v) is 10.5. The number of ether oxygens (including phenoxy) is 1. The van der Waals surface area contributed by atoms with Crippen LogP contribution in [0, 0.1) is 10.8 Å². The van der Waals surface area contributed by atoms with Crippen molar-refractivity contribution in [3.05, 3.63) is 4.91 Å². The molecule has 0 aliphatic carbocycles. The minimum absolute atomic E-state index is 0.0230. The molecule has 1 N–H and O–H groups in total. The zero-order chi connectivity index (χ0) is 21.9. The van der Waals surface area contributed by atoms with Gasteiger partial charge in [0.1, 0.15) is 10.5 Å². The van der Waals surface area contributed by atoms with Crippen LogP contribution in [0.25, 0.3) is 0 Å². The molecule has 29 heavy (non-hydrogen) atoms. The number of likely N-dealkylation sites (N-methyl/N-ethyl adjacent to an activating group) is 1. The summed E-state index contributed by atoms with van der Waals surface area (Å²) in [6, 6.07) is -1.08. The van der Waals surface area contributed by atoms with E-state index in [9.17, 15) is 19.6 Å². The van der Waals surface area contributed by atoms with Gasteiger partial charge in [-0.25, -0.2) is 4.79 Å². The summed E-state index contributed by atoms with van der Waals surface area (Å²) in [7, 11) is 1.61. The number of nitrogens with zero attached hydrogens (tertiary/aromatic N) is 4. The third kappa shape index (κ3) is 6.37. The van der Waals surface area contributed by atoms with Gasteiger partial charge in [-0.05, 0) is 33.1 Å². The smallest absolute Gasteiger partial charge is 0.335 e. The highest BCUT2D eigenvalue weighted by molar-refractivity contribution is 5.78. The molecule has 2 aliphatic rings. The first-order valence-electron chi connectivity index (χ1n) is 10.5. The average Bonchev–Trinajstić information content (AvgIpc) is 3.21. The topological polar surface area (TPSA) is 93.4 Å². The van der Waals surface area contributed by atoms with Crippen LogP contribution in [-0.4, -0.2) is 100 Å². The molecule has 166 valence electrons. The highest BCUT2D eigenvalue weighted by atomic mass is 16.6.